The van der Waals surface area contributed by atoms with Crippen molar-refractivity contribution in [3.05, 3.63) is 54.4 Å². The van der Waals surface area contributed by atoms with Gasteiger partial charge in [0.1, 0.15) is 18.2 Å². The summed E-state index contributed by atoms with van der Waals surface area (Å²) >= 11 is 1.51. The Kier molecular flexibility index (Phi) is 8.94. The van der Waals surface area contributed by atoms with Crippen molar-refractivity contribution in [1.82, 2.24) is 20.3 Å². The van der Waals surface area contributed by atoms with Crippen molar-refractivity contribution in [1.29, 1.82) is 0 Å². The summed E-state index contributed by atoms with van der Waals surface area (Å²) in [5.41, 5.74) is 6.70. The summed E-state index contributed by atoms with van der Waals surface area (Å²) in [4.78, 5) is 17.4. The highest BCUT2D eigenvalue weighted by Gasteiger charge is 2.18. The van der Waals surface area contributed by atoms with Gasteiger partial charge in [-0.3, -0.25) is 0 Å². The first kappa shape index (κ1) is 23.6. The fourth-order valence-electron chi connectivity index (χ4n) is 3.08. The third-order valence-corrected chi connectivity index (χ3v) is 5.57. The van der Waals surface area contributed by atoms with Gasteiger partial charge in [0, 0.05) is 24.2 Å². The number of nitrogens with two attached hydrogens (primary N) is 1. The number of hydrogen-bond donors (Lipinski definition) is 2. The number of ether oxygens (including phenoxy) is 2. The highest BCUT2D eigenvalue weighted by Crippen LogP contribution is 2.35. The Hall–Kier alpha value is -3.04. The van der Waals surface area contributed by atoms with Crippen LogP contribution >= 0.6 is 11.8 Å². The lowest BCUT2D eigenvalue weighted by Crippen LogP contribution is -2.20. The first-order chi connectivity index (χ1) is 15.6. The molecule has 0 spiro atoms. The molecule has 8 nitrogen and oxygen atoms in total. The van der Waals surface area contributed by atoms with E-state index in [4.69, 9.17) is 20.2 Å². The van der Waals surface area contributed by atoms with Crippen molar-refractivity contribution in [2.75, 3.05) is 44.9 Å². The molecule has 0 saturated carbocycles. The van der Waals surface area contributed by atoms with Crippen LogP contribution in [0.4, 0.5) is 11.8 Å². The molecule has 0 amide bonds. The molecule has 2 aromatic heterocycles. The number of nitrogen functional groups attached to an aromatic ring is 1. The van der Waals surface area contributed by atoms with Crippen LogP contribution in [0, 0.1) is 0 Å². The number of nitrogens with zero attached hydrogens (tertiary/aromatic N) is 4. The summed E-state index contributed by atoms with van der Waals surface area (Å²) in [6.07, 6.45) is 5.89. The van der Waals surface area contributed by atoms with E-state index in [1.54, 1.807) is 19.4 Å². The zero-order chi connectivity index (χ0) is 22.8. The van der Waals surface area contributed by atoms with Crippen LogP contribution < -0.4 is 25.4 Å². The lowest BCUT2D eigenvalue weighted by molar-refractivity contribution is 0.284. The summed E-state index contributed by atoms with van der Waals surface area (Å²) in [6, 6.07) is 11.5. The van der Waals surface area contributed by atoms with Crippen LogP contribution in [0.15, 0.2) is 58.6 Å². The molecule has 0 bridgehead atoms. The maximum absolute atomic E-state index is 6.12. The zero-order valence-corrected chi connectivity index (χ0v) is 19.6. The Labute approximate surface area is 193 Å². The Balaban J connectivity index is 0.000000913. The van der Waals surface area contributed by atoms with Gasteiger partial charge in [-0.1, -0.05) is 23.9 Å². The first-order valence-corrected chi connectivity index (χ1v) is 11.3. The Morgan fingerprint density at radius 2 is 1.88 bits per heavy atom. The van der Waals surface area contributed by atoms with Gasteiger partial charge in [0.05, 0.1) is 18.2 Å². The molecular weight excluding hydrogens is 424 g/mol. The second-order valence-electron chi connectivity index (χ2n) is 7.19. The van der Waals surface area contributed by atoms with E-state index in [1.807, 2.05) is 50.6 Å². The molecular formula is C23H30N6O2S. The second-order valence-corrected chi connectivity index (χ2v) is 8.31. The SMILES string of the molecule is CNC.COc1cccc(COc2nc(N3CCCC3)ncc2Sc2ccc(N)nc2)c1. The highest BCUT2D eigenvalue weighted by atomic mass is 32.2. The minimum absolute atomic E-state index is 0.390. The quantitative estimate of drug-likeness (QED) is 0.554. The fraction of sp³-hybridized carbons (Fsp3) is 0.348. The van der Waals surface area contributed by atoms with Gasteiger partial charge in [-0.25, -0.2) is 9.97 Å². The van der Waals surface area contributed by atoms with Crippen LogP contribution in [-0.4, -0.2) is 49.2 Å². The fourth-order valence-corrected chi connectivity index (χ4v) is 3.88. The summed E-state index contributed by atoms with van der Waals surface area (Å²) in [5.74, 6) is 2.56. The molecule has 9 heteroatoms. The maximum Gasteiger partial charge on any atom is 0.232 e. The molecule has 0 unspecified atom stereocenters. The van der Waals surface area contributed by atoms with Crippen molar-refractivity contribution in [3.63, 3.8) is 0 Å². The van der Waals surface area contributed by atoms with Crippen molar-refractivity contribution in [2.24, 2.45) is 0 Å². The highest BCUT2D eigenvalue weighted by molar-refractivity contribution is 7.99. The maximum atomic E-state index is 6.12. The summed E-state index contributed by atoms with van der Waals surface area (Å²) in [6.45, 7) is 2.34. The van der Waals surface area contributed by atoms with E-state index < -0.39 is 0 Å². The molecule has 170 valence electrons. The molecule has 1 aliphatic heterocycles. The van der Waals surface area contributed by atoms with Crippen LogP contribution in [0.3, 0.4) is 0 Å². The van der Waals surface area contributed by atoms with E-state index in [0.717, 1.165) is 47.0 Å². The van der Waals surface area contributed by atoms with Gasteiger partial charge in [-0.2, -0.15) is 4.98 Å². The number of methoxy groups -OCH3 is 1. The second kappa shape index (κ2) is 12.1. The van der Waals surface area contributed by atoms with E-state index >= 15 is 0 Å². The molecule has 0 radical (unpaired) electrons. The Morgan fingerprint density at radius 1 is 1.09 bits per heavy atom. The number of benzene rings is 1. The Morgan fingerprint density at radius 3 is 2.56 bits per heavy atom. The third-order valence-electron chi connectivity index (χ3n) is 4.60. The number of hydrogen-bond acceptors (Lipinski definition) is 9. The molecule has 32 heavy (non-hydrogen) atoms. The van der Waals surface area contributed by atoms with E-state index in [-0.39, 0.29) is 0 Å². The Bertz CT molecular complexity index is 980. The molecule has 1 saturated heterocycles. The average Bonchev–Trinajstić information content (AvgIpc) is 3.35. The van der Waals surface area contributed by atoms with Gasteiger partial charge < -0.3 is 25.4 Å². The number of rotatable bonds is 7. The summed E-state index contributed by atoms with van der Waals surface area (Å²) in [5, 5.41) is 2.75. The van der Waals surface area contributed by atoms with Gasteiger partial charge in [-0.05, 0) is 56.8 Å². The summed E-state index contributed by atoms with van der Waals surface area (Å²) < 4.78 is 11.4. The lowest BCUT2D eigenvalue weighted by atomic mass is 10.2. The number of nitrogens with one attached hydrogen (secondary N) is 1. The molecule has 1 aliphatic rings. The van der Waals surface area contributed by atoms with Crippen LogP contribution in [0.1, 0.15) is 18.4 Å². The molecule has 0 atom stereocenters. The molecule has 1 aromatic carbocycles. The number of pyridine rings is 1. The minimum atomic E-state index is 0.390. The summed E-state index contributed by atoms with van der Waals surface area (Å²) in [7, 11) is 5.40. The van der Waals surface area contributed by atoms with E-state index in [9.17, 15) is 0 Å². The monoisotopic (exact) mass is 454 g/mol. The zero-order valence-electron chi connectivity index (χ0n) is 18.7. The topological polar surface area (TPSA) is 98.4 Å². The first-order valence-electron chi connectivity index (χ1n) is 10.5. The predicted octanol–water partition coefficient (Wildman–Crippen LogP) is 3.63. The van der Waals surface area contributed by atoms with Crippen LogP contribution in [-0.2, 0) is 6.61 Å². The molecule has 3 N–H and O–H groups in total. The van der Waals surface area contributed by atoms with E-state index in [0.29, 0.717) is 24.3 Å². The van der Waals surface area contributed by atoms with Gasteiger partial charge in [0.15, 0.2) is 0 Å². The third kappa shape index (κ3) is 6.73. The molecule has 3 heterocycles. The average molecular weight is 455 g/mol. The molecule has 3 aromatic rings. The largest absolute Gasteiger partial charge is 0.497 e. The predicted molar refractivity (Wildman–Crippen MR) is 129 cm³/mol. The van der Waals surface area contributed by atoms with Gasteiger partial charge in [0.2, 0.25) is 11.8 Å². The minimum Gasteiger partial charge on any atom is -0.497 e. The van der Waals surface area contributed by atoms with E-state index in [2.05, 4.69) is 20.2 Å². The molecule has 4 rings (SSSR count). The smallest absolute Gasteiger partial charge is 0.232 e. The lowest BCUT2D eigenvalue weighted by Gasteiger charge is -2.17. The van der Waals surface area contributed by atoms with Gasteiger partial charge in [0.25, 0.3) is 0 Å². The van der Waals surface area contributed by atoms with Crippen LogP contribution in [0.5, 0.6) is 11.6 Å². The van der Waals surface area contributed by atoms with Crippen LogP contribution in [0.2, 0.25) is 0 Å². The molecule has 0 aliphatic carbocycles. The van der Waals surface area contributed by atoms with Gasteiger partial charge >= 0.3 is 0 Å². The van der Waals surface area contributed by atoms with Gasteiger partial charge in [-0.15, -0.1) is 0 Å². The van der Waals surface area contributed by atoms with Crippen molar-refractivity contribution < 1.29 is 9.47 Å². The van der Waals surface area contributed by atoms with Crippen molar-refractivity contribution in [3.8, 4) is 11.6 Å². The van der Waals surface area contributed by atoms with Crippen LogP contribution in [0.25, 0.3) is 0 Å². The molecule has 1 fully saturated rings. The number of anilines is 2. The normalized spacial score (nSPS) is 12.8. The van der Waals surface area contributed by atoms with Crippen molar-refractivity contribution in [2.45, 2.75) is 29.2 Å². The standard InChI is InChI=1S/C21H23N5O2S.C2H7N/c1-27-16-6-4-5-15(11-16)14-28-20-18(29-17-7-8-19(22)23-12-17)13-24-21(25-20)26-9-2-3-10-26;1-3-2/h4-8,11-13H,2-3,9-10,14H2,1H3,(H2,22,23);3H,1-2H3. The van der Waals surface area contributed by atoms with E-state index in [1.165, 1.54) is 11.8 Å². The number of aromatic nitrogens is 3. The van der Waals surface area contributed by atoms with Crippen molar-refractivity contribution >= 4 is 23.5 Å².